The van der Waals surface area contributed by atoms with E-state index in [0.29, 0.717) is 12.1 Å². The first-order valence-corrected chi connectivity index (χ1v) is 6.97. The van der Waals surface area contributed by atoms with Crippen LogP contribution in [0.5, 0.6) is 0 Å². The van der Waals surface area contributed by atoms with E-state index >= 15 is 0 Å². The minimum absolute atomic E-state index is 0.411. The number of thiazole rings is 1. The van der Waals surface area contributed by atoms with Crippen molar-refractivity contribution in [2.75, 3.05) is 18.5 Å². The fourth-order valence-electron chi connectivity index (χ4n) is 2.26. The number of anilines is 1. The van der Waals surface area contributed by atoms with Crippen molar-refractivity contribution in [1.29, 1.82) is 0 Å². The molecular weight excluding hydrogens is 218 g/mol. The fourth-order valence-corrected chi connectivity index (χ4v) is 3.34. The summed E-state index contributed by atoms with van der Waals surface area (Å²) in [6.45, 7) is 5.63. The molecule has 0 aliphatic carbocycles. The number of hydrogen-bond donors (Lipinski definition) is 1. The lowest BCUT2D eigenvalue weighted by molar-refractivity contribution is 0.644. The summed E-state index contributed by atoms with van der Waals surface area (Å²) in [5, 5.41) is 4.47. The second-order valence-corrected chi connectivity index (χ2v) is 5.49. The predicted molar refractivity (Wildman–Crippen MR) is 70.2 cm³/mol. The van der Waals surface area contributed by atoms with E-state index in [1.165, 1.54) is 35.8 Å². The number of nitrogens with one attached hydrogen (secondary N) is 1. The minimum Gasteiger partial charge on any atom is -0.345 e. The molecule has 2 unspecified atom stereocenters. The molecule has 1 N–H and O–H groups in total. The third kappa shape index (κ3) is 2.23. The monoisotopic (exact) mass is 239 g/mol. The van der Waals surface area contributed by atoms with Crippen molar-refractivity contribution < 1.29 is 0 Å². The Labute approximate surface area is 102 Å². The Morgan fingerprint density at radius 2 is 2.50 bits per heavy atom. The van der Waals surface area contributed by atoms with Crippen LogP contribution < -0.4 is 10.2 Å². The molecule has 3 nitrogen and oxygen atoms in total. The van der Waals surface area contributed by atoms with Crippen LogP contribution in [0.4, 0.5) is 5.13 Å². The first kappa shape index (κ1) is 11.9. The zero-order valence-corrected chi connectivity index (χ0v) is 11.2. The SMILES string of the molecule is CCC1CCCN1c1ncc(C(C)NC)s1. The molecule has 1 aromatic heterocycles. The highest BCUT2D eigenvalue weighted by atomic mass is 32.1. The van der Waals surface area contributed by atoms with Gasteiger partial charge < -0.3 is 10.2 Å². The maximum Gasteiger partial charge on any atom is 0.185 e. The summed E-state index contributed by atoms with van der Waals surface area (Å²) < 4.78 is 0. The summed E-state index contributed by atoms with van der Waals surface area (Å²) in [6, 6.07) is 1.12. The normalized spacial score (nSPS) is 22.7. The summed E-state index contributed by atoms with van der Waals surface area (Å²) in [7, 11) is 1.99. The molecule has 1 fully saturated rings. The standard InChI is InChI=1S/C12H21N3S/c1-4-10-6-5-7-15(10)12-14-8-11(16-12)9(2)13-3/h8-10,13H,4-7H2,1-3H3. The molecule has 1 saturated heterocycles. The highest BCUT2D eigenvalue weighted by molar-refractivity contribution is 7.15. The molecule has 90 valence electrons. The number of rotatable bonds is 4. The quantitative estimate of drug-likeness (QED) is 0.875. The summed E-state index contributed by atoms with van der Waals surface area (Å²) >= 11 is 1.83. The average molecular weight is 239 g/mol. The van der Waals surface area contributed by atoms with Crippen LogP contribution in [-0.2, 0) is 0 Å². The van der Waals surface area contributed by atoms with Crippen molar-refractivity contribution in [1.82, 2.24) is 10.3 Å². The zero-order valence-electron chi connectivity index (χ0n) is 10.4. The Morgan fingerprint density at radius 3 is 3.19 bits per heavy atom. The van der Waals surface area contributed by atoms with Gasteiger partial charge in [0.1, 0.15) is 0 Å². The van der Waals surface area contributed by atoms with Crippen LogP contribution in [0.2, 0.25) is 0 Å². The van der Waals surface area contributed by atoms with Crippen LogP contribution >= 0.6 is 11.3 Å². The van der Waals surface area contributed by atoms with Gasteiger partial charge in [-0.3, -0.25) is 0 Å². The predicted octanol–water partition coefficient (Wildman–Crippen LogP) is 2.80. The maximum absolute atomic E-state index is 4.57. The van der Waals surface area contributed by atoms with E-state index in [-0.39, 0.29) is 0 Å². The van der Waals surface area contributed by atoms with Crippen molar-refractivity contribution >= 4 is 16.5 Å². The summed E-state index contributed by atoms with van der Waals surface area (Å²) in [6.07, 6.45) is 5.89. The van der Waals surface area contributed by atoms with Gasteiger partial charge in [0.05, 0.1) is 0 Å². The smallest absolute Gasteiger partial charge is 0.185 e. The van der Waals surface area contributed by atoms with Gasteiger partial charge in [0.25, 0.3) is 0 Å². The van der Waals surface area contributed by atoms with Crippen molar-refractivity contribution in [3.8, 4) is 0 Å². The van der Waals surface area contributed by atoms with Gasteiger partial charge in [-0.05, 0) is 33.2 Å². The lowest BCUT2D eigenvalue weighted by atomic mass is 10.2. The Morgan fingerprint density at radius 1 is 1.69 bits per heavy atom. The molecule has 1 aliphatic heterocycles. The second kappa shape index (κ2) is 5.15. The van der Waals surface area contributed by atoms with Gasteiger partial charge in [-0.1, -0.05) is 6.92 Å². The average Bonchev–Trinajstić information content (AvgIpc) is 2.95. The third-order valence-electron chi connectivity index (χ3n) is 3.47. The van der Waals surface area contributed by atoms with E-state index in [0.717, 1.165) is 0 Å². The lowest BCUT2D eigenvalue weighted by Crippen LogP contribution is -2.28. The third-order valence-corrected chi connectivity index (χ3v) is 4.68. The van der Waals surface area contributed by atoms with Gasteiger partial charge in [-0.2, -0.15) is 0 Å². The molecule has 1 aliphatic rings. The van der Waals surface area contributed by atoms with Crippen molar-refractivity contribution in [2.24, 2.45) is 0 Å². The Balaban J connectivity index is 2.12. The summed E-state index contributed by atoms with van der Waals surface area (Å²) in [4.78, 5) is 8.39. The van der Waals surface area contributed by atoms with Crippen molar-refractivity contribution in [3.63, 3.8) is 0 Å². The zero-order chi connectivity index (χ0) is 11.5. The summed E-state index contributed by atoms with van der Waals surface area (Å²) in [5.74, 6) is 0. The lowest BCUT2D eigenvalue weighted by Gasteiger charge is -2.22. The molecule has 0 radical (unpaired) electrons. The molecule has 2 atom stereocenters. The molecule has 2 heterocycles. The van der Waals surface area contributed by atoms with E-state index in [1.54, 1.807) is 0 Å². The molecule has 4 heteroatoms. The highest BCUT2D eigenvalue weighted by Crippen LogP contribution is 2.32. The maximum atomic E-state index is 4.57. The van der Waals surface area contributed by atoms with Gasteiger partial charge in [-0.25, -0.2) is 4.98 Å². The Kier molecular flexibility index (Phi) is 3.82. The fraction of sp³-hybridized carbons (Fsp3) is 0.750. The largest absolute Gasteiger partial charge is 0.345 e. The van der Waals surface area contributed by atoms with Crippen LogP contribution in [0.15, 0.2) is 6.20 Å². The van der Waals surface area contributed by atoms with Crippen LogP contribution in [0.3, 0.4) is 0 Å². The van der Waals surface area contributed by atoms with E-state index in [9.17, 15) is 0 Å². The molecule has 2 rings (SSSR count). The van der Waals surface area contributed by atoms with Crippen molar-refractivity contribution in [2.45, 2.75) is 45.2 Å². The molecule has 0 saturated carbocycles. The van der Waals surface area contributed by atoms with E-state index in [2.05, 4.69) is 29.0 Å². The topological polar surface area (TPSA) is 28.2 Å². The number of nitrogens with zero attached hydrogens (tertiary/aromatic N) is 2. The first-order valence-electron chi connectivity index (χ1n) is 6.16. The molecule has 0 amide bonds. The van der Waals surface area contributed by atoms with Gasteiger partial charge in [0.2, 0.25) is 0 Å². The van der Waals surface area contributed by atoms with Crippen LogP contribution in [0.25, 0.3) is 0 Å². The molecule has 0 bridgehead atoms. The van der Waals surface area contributed by atoms with Gasteiger partial charge in [-0.15, -0.1) is 11.3 Å². The van der Waals surface area contributed by atoms with Crippen LogP contribution in [-0.4, -0.2) is 24.6 Å². The van der Waals surface area contributed by atoms with Crippen LogP contribution in [0.1, 0.15) is 44.0 Å². The molecule has 0 aromatic carbocycles. The molecule has 16 heavy (non-hydrogen) atoms. The molecule has 0 spiro atoms. The molecular formula is C12H21N3S. The van der Waals surface area contributed by atoms with E-state index < -0.39 is 0 Å². The Hall–Kier alpha value is -0.610. The van der Waals surface area contributed by atoms with Crippen LogP contribution in [0, 0.1) is 0 Å². The van der Waals surface area contributed by atoms with E-state index in [1.807, 2.05) is 24.6 Å². The minimum atomic E-state index is 0.411. The van der Waals surface area contributed by atoms with E-state index in [4.69, 9.17) is 0 Å². The number of hydrogen-bond acceptors (Lipinski definition) is 4. The Bertz CT molecular complexity index is 337. The first-order chi connectivity index (χ1) is 7.76. The summed E-state index contributed by atoms with van der Waals surface area (Å²) in [5.41, 5.74) is 0. The van der Waals surface area contributed by atoms with Gasteiger partial charge >= 0.3 is 0 Å². The highest BCUT2D eigenvalue weighted by Gasteiger charge is 2.25. The van der Waals surface area contributed by atoms with Gasteiger partial charge in [0.15, 0.2) is 5.13 Å². The number of aromatic nitrogens is 1. The second-order valence-electron chi connectivity index (χ2n) is 4.45. The van der Waals surface area contributed by atoms with Crippen molar-refractivity contribution in [3.05, 3.63) is 11.1 Å². The van der Waals surface area contributed by atoms with Gasteiger partial charge in [0, 0.05) is 29.7 Å². The molecule has 1 aromatic rings.